The van der Waals surface area contributed by atoms with Crippen molar-refractivity contribution in [3.63, 3.8) is 0 Å². The molecule has 1 aromatic heterocycles. The number of fused-ring (bicyclic) bond motifs is 1. The molecule has 0 radical (unpaired) electrons. The van der Waals surface area contributed by atoms with Gasteiger partial charge in [0.2, 0.25) is 0 Å². The Balaban J connectivity index is 2.50. The van der Waals surface area contributed by atoms with Crippen LogP contribution in [0.25, 0.3) is 6.08 Å². The summed E-state index contributed by atoms with van der Waals surface area (Å²) in [5.41, 5.74) is 2.84. The molecule has 0 saturated carbocycles. The number of hydrogen-bond donors (Lipinski definition) is 0. The van der Waals surface area contributed by atoms with Gasteiger partial charge in [-0.15, -0.1) is 0 Å². The first kappa shape index (κ1) is 5.78. The maximum atomic E-state index is 2.28. The minimum absolute atomic E-state index is 1.16. The summed E-state index contributed by atoms with van der Waals surface area (Å²) in [4.78, 5) is 0. The van der Waals surface area contributed by atoms with Crippen LogP contribution in [0.15, 0.2) is 23.9 Å². The molecule has 0 unspecified atom stereocenters. The molecule has 0 amide bonds. The van der Waals surface area contributed by atoms with Crippen LogP contribution in [0.4, 0.5) is 0 Å². The molecule has 1 nitrogen and oxygen atoms in total. The van der Waals surface area contributed by atoms with Crippen LogP contribution in [-0.2, 0) is 6.54 Å². The highest BCUT2D eigenvalue weighted by atomic mass is 15.0. The number of aromatic nitrogens is 1. The van der Waals surface area contributed by atoms with Gasteiger partial charge in [0.15, 0.2) is 0 Å². The predicted molar refractivity (Wildman–Crippen MR) is 42.7 cm³/mol. The Morgan fingerprint density at radius 1 is 1.50 bits per heavy atom. The molecule has 0 bridgehead atoms. The van der Waals surface area contributed by atoms with Crippen molar-refractivity contribution in [2.75, 3.05) is 0 Å². The van der Waals surface area contributed by atoms with Gasteiger partial charge in [-0.25, -0.2) is 0 Å². The van der Waals surface area contributed by atoms with E-state index in [0.717, 1.165) is 6.54 Å². The average molecular weight is 133 g/mol. The van der Waals surface area contributed by atoms with E-state index in [2.05, 4.69) is 35.9 Å². The van der Waals surface area contributed by atoms with Crippen LogP contribution < -0.4 is 0 Å². The topological polar surface area (TPSA) is 4.93 Å². The summed E-state index contributed by atoms with van der Waals surface area (Å²) in [5, 5.41) is 0. The fourth-order valence-corrected chi connectivity index (χ4v) is 1.38. The molecule has 1 aliphatic heterocycles. The van der Waals surface area contributed by atoms with Gasteiger partial charge in [0, 0.05) is 18.4 Å². The lowest BCUT2D eigenvalue weighted by Crippen LogP contribution is -2.03. The highest BCUT2D eigenvalue weighted by molar-refractivity contribution is 5.50. The molecule has 0 aromatic carbocycles. The first-order valence-electron chi connectivity index (χ1n) is 3.68. The molecule has 52 valence electrons. The Morgan fingerprint density at radius 2 is 2.40 bits per heavy atom. The second-order valence-electron chi connectivity index (χ2n) is 2.87. The van der Waals surface area contributed by atoms with Gasteiger partial charge in [-0.05, 0) is 31.6 Å². The Bertz CT molecular complexity index is 268. The number of nitrogens with zero attached hydrogens (tertiary/aromatic N) is 1. The molecule has 0 aliphatic carbocycles. The molecule has 0 fully saturated rings. The quantitative estimate of drug-likeness (QED) is 0.511. The highest BCUT2D eigenvalue weighted by Crippen LogP contribution is 2.17. The summed E-state index contributed by atoms with van der Waals surface area (Å²) in [6, 6.07) is 4.26. The van der Waals surface area contributed by atoms with Crippen molar-refractivity contribution in [2.24, 2.45) is 0 Å². The van der Waals surface area contributed by atoms with E-state index >= 15 is 0 Å². The minimum atomic E-state index is 1.16. The normalized spacial score (nSPS) is 16.3. The molecule has 1 heteroatoms. The summed E-state index contributed by atoms with van der Waals surface area (Å²) in [7, 11) is 0. The lowest BCUT2D eigenvalue weighted by Gasteiger charge is -2.12. The molecule has 2 heterocycles. The highest BCUT2D eigenvalue weighted by Gasteiger charge is 2.03. The zero-order valence-electron chi connectivity index (χ0n) is 6.17. The third-order valence-corrected chi connectivity index (χ3v) is 2.01. The van der Waals surface area contributed by atoms with Crippen LogP contribution in [0.2, 0.25) is 0 Å². The van der Waals surface area contributed by atoms with Gasteiger partial charge in [-0.1, -0.05) is 5.57 Å². The van der Waals surface area contributed by atoms with E-state index in [0.29, 0.717) is 0 Å². The first-order chi connectivity index (χ1) is 4.86. The van der Waals surface area contributed by atoms with Gasteiger partial charge < -0.3 is 4.57 Å². The molecule has 10 heavy (non-hydrogen) atoms. The van der Waals surface area contributed by atoms with Crippen LogP contribution in [-0.4, -0.2) is 4.57 Å². The molecule has 0 N–H and O–H groups in total. The van der Waals surface area contributed by atoms with Crippen molar-refractivity contribution in [2.45, 2.75) is 19.9 Å². The minimum Gasteiger partial charge on any atom is -0.348 e. The van der Waals surface area contributed by atoms with Gasteiger partial charge in [0.25, 0.3) is 0 Å². The Hall–Kier alpha value is -0.980. The Labute approximate surface area is 61.0 Å². The molecule has 1 aromatic rings. The standard InChI is InChI=1S/C9H11N/c1-8-4-6-10-5-2-3-9(10)7-8/h2-3,5,7H,4,6H2,1H3. The van der Waals surface area contributed by atoms with Crippen LogP contribution >= 0.6 is 0 Å². The summed E-state index contributed by atoms with van der Waals surface area (Å²) in [6.07, 6.45) is 5.60. The fourth-order valence-electron chi connectivity index (χ4n) is 1.38. The zero-order chi connectivity index (χ0) is 6.97. The Kier molecular flexibility index (Phi) is 1.16. The second kappa shape index (κ2) is 2.01. The summed E-state index contributed by atoms with van der Waals surface area (Å²) in [5.74, 6) is 0. The van der Waals surface area contributed by atoms with E-state index in [1.165, 1.54) is 17.7 Å². The molecule has 0 spiro atoms. The lowest BCUT2D eigenvalue weighted by molar-refractivity contribution is 0.677. The average Bonchev–Trinajstić information content (AvgIpc) is 2.33. The van der Waals surface area contributed by atoms with E-state index < -0.39 is 0 Å². The van der Waals surface area contributed by atoms with Gasteiger partial charge >= 0.3 is 0 Å². The molecular formula is C9H11N. The van der Waals surface area contributed by atoms with E-state index in [4.69, 9.17) is 0 Å². The summed E-state index contributed by atoms with van der Waals surface area (Å²) < 4.78 is 2.28. The Morgan fingerprint density at radius 3 is 3.30 bits per heavy atom. The molecular weight excluding hydrogens is 122 g/mol. The van der Waals surface area contributed by atoms with Gasteiger partial charge in [-0.3, -0.25) is 0 Å². The van der Waals surface area contributed by atoms with E-state index in [1.54, 1.807) is 0 Å². The van der Waals surface area contributed by atoms with E-state index in [-0.39, 0.29) is 0 Å². The molecule has 1 aliphatic rings. The molecule has 0 atom stereocenters. The number of aryl methyl sites for hydroxylation is 1. The largest absolute Gasteiger partial charge is 0.348 e. The van der Waals surface area contributed by atoms with Crippen molar-refractivity contribution < 1.29 is 0 Å². The fraction of sp³-hybridized carbons (Fsp3) is 0.333. The van der Waals surface area contributed by atoms with Crippen molar-refractivity contribution in [3.05, 3.63) is 29.6 Å². The predicted octanol–water partition coefficient (Wildman–Crippen LogP) is 2.30. The van der Waals surface area contributed by atoms with E-state index in [1.807, 2.05) is 0 Å². The maximum Gasteiger partial charge on any atom is 0.0406 e. The van der Waals surface area contributed by atoms with Crippen LogP contribution in [0.5, 0.6) is 0 Å². The van der Waals surface area contributed by atoms with Crippen molar-refractivity contribution in [1.29, 1.82) is 0 Å². The third kappa shape index (κ3) is 0.783. The third-order valence-electron chi connectivity index (χ3n) is 2.01. The number of hydrogen-bond acceptors (Lipinski definition) is 0. The van der Waals surface area contributed by atoms with Crippen molar-refractivity contribution in [1.82, 2.24) is 4.57 Å². The first-order valence-corrected chi connectivity index (χ1v) is 3.68. The summed E-state index contributed by atoms with van der Waals surface area (Å²) in [6.45, 7) is 3.35. The van der Waals surface area contributed by atoms with Gasteiger partial charge in [-0.2, -0.15) is 0 Å². The lowest BCUT2D eigenvalue weighted by atomic mass is 10.1. The van der Waals surface area contributed by atoms with Crippen molar-refractivity contribution >= 4 is 6.08 Å². The summed E-state index contributed by atoms with van der Waals surface area (Å²) >= 11 is 0. The van der Waals surface area contributed by atoms with E-state index in [9.17, 15) is 0 Å². The maximum absolute atomic E-state index is 2.28. The van der Waals surface area contributed by atoms with Crippen LogP contribution in [0, 0.1) is 0 Å². The van der Waals surface area contributed by atoms with Crippen LogP contribution in [0.1, 0.15) is 19.0 Å². The molecule has 0 saturated heterocycles. The SMILES string of the molecule is CC1=Cc2cccn2CC1. The monoisotopic (exact) mass is 133 g/mol. The number of rotatable bonds is 0. The smallest absolute Gasteiger partial charge is 0.0406 e. The zero-order valence-corrected chi connectivity index (χ0v) is 6.17. The van der Waals surface area contributed by atoms with Gasteiger partial charge in [0.05, 0.1) is 0 Å². The second-order valence-corrected chi connectivity index (χ2v) is 2.87. The van der Waals surface area contributed by atoms with Crippen molar-refractivity contribution in [3.8, 4) is 0 Å². The van der Waals surface area contributed by atoms with Gasteiger partial charge in [0.1, 0.15) is 0 Å². The number of allylic oxidation sites excluding steroid dienone is 1. The van der Waals surface area contributed by atoms with Crippen LogP contribution in [0.3, 0.4) is 0 Å². The molecule has 2 rings (SSSR count).